The van der Waals surface area contributed by atoms with Crippen molar-refractivity contribution in [3.05, 3.63) is 58.6 Å². The van der Waals surface area contributed by atoms with Gasteiger partial charge in [-0.05, 0) is 23.3 Å². The number of halogens is 2. The number of rotatable bonds is 5. The van der Waals surface area contributed by atoms with E-state index in [1.165, 1.54) is 0 Å². The van der Waals surface area contributed by atoms with E-state index in [1.54, 1.807) is 6.07 Å². The van der Waals surface area contributed by atoms with Crippen molar-refractivity contribution in [3.63, 3.8) is 0 Å². The van der Waals surface area contributed by atoms with Gasteiger partial charge in [0.25, 0.3) is 0 Å². The van der Waals surface area contributed by atoms with Crippen molar-refractivity contribution in [3.8, 4) is 11.5 Å². The van der Waals surface area contributed by atoms with Crippen LogP contribution in [0.2, 0.25) is 5.02 Å². The number of hydrogen-bond acceptors (Lipinski definition) is 4. The average Bonchev–Trinajstić information content (AvgIpc) is 2.61. The molecule has 7 heteroatoms. The van der Waals surface area contributed by atoms with Crippen molar-refractivity contribution in [1.29, 1.82) is 0 Å². The Kier molecular flexibility index (Phi) is 6.93. The molecule has 1 atom stereocenters. The fourth-order valence-electron chi connectivity index (χ4n) is 2.56. The summed E-state index contributed by atoms with van der Waals surface area (Å²) in [6, 6.07) is 12.8. The molecule has 1 heterocycles. The van der Waals surface area contributed by atoms with E-state index in [1.807, 2.05) is 36.4 Å². The second-order valence-corrected chi connectivity index (χ2v) is 6.01. The Bertz CT molecular complexity index is 726. The lowest BCUT2D eigenvalue weighted by atomic mass is 10.0. The first-order valence-electron chi connectivity index (χ1n) is 7.79. The number of amides is 1. The third-order valence-corrected chi connectivity index (χ3v) is 4.06. The molecule has 0 saturated carbocycles. The maximum absolute atomic E-state index is 12.1. The second kappa shape index (κ2) is 8.94. The van der Waals surface area contributed by atoms with Gasteiger partial charge < -0.3 is 20.5 Å². The zero-order valence-corrected chi connectivity index (χ0v) is 15.1. The van der Waals surface area contributed by atoms with E-state index in [4.69, 9.17) is 26.8 Å². The number of nitrogens with two attached hydrogens (primary N) is 1. The minimum atomic E-state index is -0.324. The highest BCUT2D eigenvalue weighted by Crippen LogP contribution is 2.38. The van der Waals surface area contributed by atoms with E-state index in [-0.39, 0.29) is 30.8 Å². The van der Waals surface area contributed by atoms with Gasteiger partial charge in [-0.15, -0.1) is 12.4 Å². The third kappa shape index (κ3) is 5.01. The molecule has 1 aliphatic heterocycles. The lowest BCUT2D eigenvalue weighted by Crippen LogP contribution is -2.27. The van der Waals surface area contributed by atoms with Crippen LogP contribution in [0.5, 0.6) is 11.5 Å². The van der Waals surface area contributed by atoms with E-state index in [0.29, 0.717) is 36.3 Å². The first kappa shape index (κ1) is 19.4. The molecule has 3 N–H and O–H groups in total. The van der Waals surface area contributed by atoms with Crippen molar-refractivity contribution in [2.45, 2.75) is 19.0 Å². The Hall–Kier alpha value is -1.95. The van der Waals surface area contributed by atoms with Gasteiger partial charge in [-0.3, -0.25) is 4.79 Å². The first-order valence-corrected chi connectivity index (χ1v) is 8.16. The highest BCUT2D eigenvalue weighted by Gasteiger charge is 2.17. The van der Waals surface area contributed by atoms with Crippen molar-refractivity contribution < 1.29 is 14.3 Å². The predicted molar refractivity (Wildman–Crippen MR) is 99.5 cm³/mol. The van der Waals surface area contributed by atoms with Crippen LogP contribution in [0.1, 0.15) is 23.6 Å². The van der Waals surface area contributed by atoms with E-state index in [0.717, 1.165) is 11.1 Å². The van der Waals surface area contributed by atoms with Crippen LogP contribution in [0, 0.1) is 0 Å². The molecule has 0 spiro atoms. The quantitative estimate of drug-likeness (QED) is 0.832. The van der Waals surface area contributed by atoms with Gasteiger partial charge in [-0.2, -0.15) is 0 Å². The number of benzene rings is 2. The molecular formula is C18H20Cl2N2O3. The largest absolute Gasteiger partial charge is 0.486 e. The monoisotopic (exact) mass is 382 g/mol. The van der Waals surface area contributed by atoms with Gasteiger partial charge >= 0.3 is 0 Å². The Morgan fingerprint density at radius 3 is 2.68 bits per heavy atom. The van der Waals surface area contributed by atoms with Crippen LogP contribution >= 0.6 is 24.0 Å². The lowest BCUT2D eigenvalue weighted by Gasteiger charge is -2.20. The number of fused-ring (bicyclic) bond motifs is 1. The van der Waals surface area contributed by atoms with Crippen molar-refractivity contribution in [2.24, 2.45) is 5.73 Å². The molecule has 3 rings (SSSR count). The second-order valence-electron chi connectivity index (χ2n) is 5.60. The van der Waals surface area contributed by atoms with Crippen LogP contribution in [-0.4, -0.2) is 19.1 Å². The van der Waals surface area contributed by atoms with Gasteiger partial charge in [0, 0.05) is 19.0 Å². The molecule has 0 bridgehead atoms. The SMILES string of the molecule is Cl.NC(CC(=O)NCc1cc(Cl)c2c(c1)OCCO2)c1ccccc1. The summed E-state index contributed by atoms with van der Waals surface area (Å²) >= 11 is 6.19. The minimum Gasteiger partial charge on any atom is -0.486 e. The van der Waals surface area contributed by atoms with Crippen LogP contribution in [0.15, 0.2) is 42.5 Å². The molecule has 1 amide bonds. The number of hydrogen-bond donors (Lipinski definition) is 2. The zero-order valence-electron chi connectivity index (χ0n) is 13.5. The maximum atomic E-state index is 12.1. The first-order chi connectivity index (χ1) is 11.6. The molecular weight excluding hydrogens is 363 g/mol. The normalized spacial score (nSPS) is 13.5. The summed E-state index contributed by atoms with van der Waals surface area (Å²) < 4.78 is 11.0. The smallest absolute Gasteiger partial charge is 0.222 e. The maximum Gasteiger partial charge on any atom is 0.222 e. The number of carbonyl (C=O) groups excluding carboxylic acids is 1. The lowest BCUT2D eigenvalue weighted by molar-refractivity contribution is -0.121. The minimum absolute atomic E-state index is 0. The van der Waals surface area contributed by atoms with Crippen LogP contribution in [0.3, 0.4) is 0 Å². The van der Waals surface area contributed by atoms with E-state index in [9.17, 15) is 4.79 Å². The van der Waals surface area contributed by atoms with Crippen LogP contribution in [0.25, 0.3) is 0 Å². The van der Waals surface area contributed by atoms with Gasteiger partial charge in [-0.25, -0.2) is 0 Å². The van der Waals surface area contributed by atoms with Crippen LogP contribution in [0.4, 0.5) is 0 Å². The topological polar surface area (TPSA) is 73.6 Å². The Labute approximate surface area is 157 Å². The molecule has 1 aliphatic rings. The molecule has 2 aromatic carbocycles. The molecule has 5 nitrogen and oxygen atoms in total. The number of nitrogens with one attached hydrogen (secondary N) is 1. The standard InChI is InChI=1S/C18H19ClN2O3.ClH/c19-14-8-12(9-16-18(14)24-7-6-23-16)11-21-17(22)10-15(20)13-4-2-1-3-5-13;/h1-5,8-9,15H,6-7,10-11,20H2,(H,21,22);1H. The Morgan fingerprint density at radius 2 is 1.92 bits per heavy atom. The molecule has 2 aromatic rings. The average molecular weight is 383 g/mol. The van der Waals surface area contributed by atoms with Crippen LogP contribution < -0.4 is 20.5 Å². The summed E-state index contributed by atoms with van der Waals surface area (Å²) in [4.78, 5) is 12.1. The molecule has 0 aromatic heterocycles. The fourth-order valence-corrected chi connectivity index (χ4v) is 2.84. The molecule has 0 fully saturated rings. The predicted octanol–water partition coefficient (Wildman–Crippen LogP) is 3.24. The van der Waals surface area contributed by atoms with Crippen molar-refractivity contribution in [2.75, 3.05) is 13.2 Å². The van der Waals surface area contributed by atoms with E-state index in [2.05, 4.69) is 5.32 Å². The van der Waals surface area contributed by atoms with E-state index < -0.39 is 0 Å². The number of carbonyl (C=O) groups is 1. The van der Waals surface area contributed by atoms with Gasteiger partial charge in [-0.1, -0.05) is 41.9 Å². The summed E-state index contributed by atoms with van der Waals surface area (Å²) in [6.07, 6.45) is 0.225. The van der Waals surface area contributed by atoms with Gasteiger partial charge in [0.15, 0.2) is 11.5 Å². The molecule has 1 unspecified atom stereocenters. The highest BCUT2D eigenvalue weighted by molar-refractivity contribution is 6.32. The fraction of sp³-hybridized carbons (Fsp3) is 0.278. The van der Waals surface area contributed by atoms with Gasteiger partial charge in [0.05, 0.1) is 5.02 Å². The summed E-state index contributed by atoms with van der Waals surface area (Å²) in [5.74, 6) is 1.06. The van der Waals surface area contributed by atoms with Gasteiger partial charge in [0.1, 0.15) is 13.2 Å². The molecule has 0 radical (unpaired) electrons. The van der Waals surface area contributed by atoms with Gasteiger partial charge in [0.2, 0.25) is 5.91 Å². The summed E-state index contributed by atoms with van der Waals surface area (Å²) in [7, 11) is 0. The highest BCUT2D eigenvalue weighted by atomic mass is 35.5. The Morgan fingerprint density at radius 1 is 1.20 bits per heavy atom. The summed E-state index contributed by atoms with van der Waals surface area (Å²) in [5, 5.41) is 3.34. The Balaban J connectivity index is 0.00000225. The summed E-state index contributed by atoms with van der Waals surface area (Å²) in [6.45, 7) is 1.34. The summed E-state index contributed by atoms with van der Waals surface area (Å²) in [5.41, 5.74) is 7.85. The molecule has 25 heavy (non-hydrogen) atoms. The molecule has 0 aliphatic carbocycles. The zero-order chi connectivity index (χ0) is 16.9. The molecule has 0 saturated heterocycles. The number of ether oxygens (including phenoxy) is 2. The van der Waals surface area contributed by atoms with Crippen molar-refractivity contribution >= 4 is 29.9 Å². The van der Waals surface area contributed by atoms with Crippen LogP contribution in [-0.2, 0) is 11.3 Å². The molecule has 134 valence electrons. The van der Waals surface area contributed by atoms with Crippen molar-refractivity contribution in [1.82, 2.24) is 5.32 Å². The third-order valence-electron chi connectivity index (χ3n) is 3.78. The van der Waals surface area contributed by atoms with E-state index >= 15 is 0 Å².